The minimum absolute atomic E-state index is 0.0557. The fourth-order valence-corrected chi connectivity index (χ4v) is 1.82. The van der Waals surface area contributed by atoms with E-state index >= 15 is 0 Å². The summed E-state index contributed by atoms with van der Waals surface area (Å²) in [5.41, 5.74) is 5.20. The number of hydrogen-bond acceptors (Lipinski definition) is 3. The van der Waals surface area contributed by atoms with Crippen molar-refractivity contribution in [3.8, 4) is 0 Å². The smallest absolute Gasteiger partial charge is 0.407 e. The molecule has 1 aliphatic rings. The number of nitrogens with one attached hydrogen (secondary N) is 1. The highest BCUT2D eigenvalue weighted by Gasteiger charge is 2.24. The van der Waals surface area contributed by atoms with E-state index in [1.54, 1.807) is 0 Å². The molecule has 4 heteroatoms. The highest BCUT2D eigenvalue weighted by atomic mass is 16.6. The molecule has 0 aromatic carbocycles. The van der Waals surface area contributed by atoms with Gasteiger partial charge in [0.1, 0.15) is 5.60 Å². The molecular formula is C12H24N2O2. The lowest BCUT2D eigenvalue weighted by molar-refractivity contribution is 0.0494. The van der Waals surface area contributed by atoms with Crippen LogP contribution in [0.25, 0.3) is 0 Å². The summed E-state index contributed by atoms with van der Waals surface area (Å²) in [5.74, 6) is 0.739. The summed E-state index contributed by atoms with van der Waals surface area (Å²) in [6, 6.07) is 0.0557. The van der Waals surface area contributed by atoms with E-state index in [1.807, 2.05) is 20.8 Å². The normalized spacial score (nSPS) is 18.8. The van der Waals surface area contributed by atoms with Crippen molar-refractivity contribution in [3.63, 3.8) is 0 Å². The van der Waals surface area contributed by atoms with Crippen LogP contribution in [-0.2, 0) is 4.74 Å². The SMILES string of the molecule is CC(C)(C)OC(=O)NC(CN)CC1CCC1. The van der Waals surface area contributed by atoms with Crippen molar-refractivity contribution in [1.29, 1.82) is 0 Å². The molecule has 94 valence electrons. The summed E-state index contributed by atoms with van der Waals surface area (Å²) >= 11 is 0. The summed E-state index contributed by atoms with van der Waals surface area (Å²) in [4.78, 5) is 11.5. The third-order valence-electron chi connectivity index (χ3n) is 2.85. The minimum atomic E-state index is -0.445. The maximum atomic E-state index is 11.5. The van der Waals surface area contributed by atoms with Gasteiger partial charge < -0.3 is 15.8 Å². The first-order valence-electron chi connectivity index (χ1n) is 6.10. The van der Waals surface area contributed by atoms with E-state index in [9.17, 15) is 4.79 Å². The van der Waals surface area contributed by atoms with Crippen molar-refractivity contribution in [2.45, 2.75) is 58.1 Å². The monoisotopic (exact) mass is 228 g/mol. The highest BCUT2D eigenvalue weighted by molar-refractivity contribution is 5.68. The molecule has 1 aliphatic carbocycles. The van der Waals surface area contributed by atoms with Gasteiger partial charge in [0.05, 0.1) is 0 Å². The minimum Gasteiger partial charge on any atom is -0.444 e. The largest absolute Gasteiger partial charge is 0.444 e. The van der Waals surface area contributed by atoms with Gasteiger partial charge in [-0.25, -0.2) is 4.79 Å². The van der Waals surface area contributed by atoms with Crippen molar-refractivity contribution in [2.75, 3.05) is 6.54 Å². The summed E-state index contributed by atoms with van der Waals surface area (Å²) < 4.78 is 5.20. The molecular weight excluding hydrogens is 204 g/mol. The Morgan fingerprint density at radius 3 is 2.50 bits per heavy atom. The van der Waals surface area contributed by atoms with Crippen molar-refractivity contribution < 1.29 is 9.53 Å². The summed E-state index contributed by atoms with van der Waals surface area (Å²) in [6.45, 7) is 6.05. The lowest BCUT2D eigenvalue weighted by Gasteiger charge is -2.30. The van der Waals surface area contributed by atoms with Crippen LogP contribution >= 0.6 is 0 Å². The number of nitrogens with two attached hydrogens (primary N) is 1. The van der Waals surface area contributed by atoms with Gasteiger partial charge in [-0.15, -0.1) is 0 Å². The number of alkyl carbamates (subject to hydrolysis) is 1. The molecule has 16 heavy (non-hydrogen) atoms. The molecule has 0 aromatic rings. The molecule has 0 bridgehead atoms. The van der Waals surface area contributed by atoms with E-state index < -0.39 is 5.60 Å². The maximum absolute atomic E-state index is 11.5. The van der Waals surface area contributed by atoms with Crippen molar-refractivity contribution in [3.05, 3.63) is 0 Å². The summed E-state index contributed by atoms with van der Waals surface area (Å²) in [5, 5.41) is 2.84. The third kappa shape index (κ3) is 4.84. The predicted molar refractivity (Wildman–Crippen MR) is 64.2 cm³/mol. The molecule has 0 aliphatic heterocycles. The molecule has 0 aromatic heterocycles. The Bertz CT molecular complexity index is 232. The molecule has 1 amide bonds. The maximum Gasteiger partial charge on any atom is 0.407 e. The highest BCUT2D eigenvalue weighted by Crippen LogP contribution is 2.30. The number of rotatable bonds is 4. The van der Waals surface area contributed by atoms with Crippen LogP contribution in [0, 0.1) is 5.92 Å². The fraction of sp³-hybridized carbons (Fsp3) is 0.917. The molecule has 4 nitrogen and oxygen atoms in total. The number of ether oxygens (including phenoxy) is 1. The molecule has 1 fully saturated rings. The van der Waals surface area contributed by atoms with Crippen molar-refractivity contribution in [1.82, 2.24) is 5.32 Å². The van der Waals surface area contributed by atoms with E-state index in [1.165, 1.54) is 19.3 Å². The Morgan fingerprint density at radius 1 is 1.50 bits per heavy atom. The topological polar surface area (TPSA) is 64.3 Å². The van der Waals surface area contributed by atoms with Crippen LogP contribution in [0.4, 0.5) is 4.79 Å². The summed E-state index contributed by atoms with van der Waals surface area (Å²) in [6.07, 6.45) is 4.48. The fourth-order valence-electron chi connectivity index (χ4n) is 1.82. The Hall–Kier alpha value is -0.770. The van der Waals surface area contributed by atoms with Gasteiger partial charge in [0.2, 0.25) is 0 Å². The van der Waals surface area contributed by atoms with Gasteiger partial charge in [-0.3, -0.25) is 0 Å². The van der Waals surface area contributed by atoms with Gasteiger partial charge in [-0.1, -0.05) is 19.3 Å². The molecule has 3 N–H and O–H groups in total. The number of carbonyl (C=O) groups excluding carboxylic acids is 1. The van der Waals surface area contributed by atoms with E-state index in [0.29, 0.717) is 6.54 Å². The second-order valence-corrected chi connectivity index (χ2v) is 5.61. The van der Waals surface area contributed by atoms with Crippen LogP contribution in [0.2, 0.25) is 0 Å². The number of amides is 1. The Balaban J connectivity index is 2.28. The molecule has 0 spiro atoms. The lowest BCUT2D eigenvalue weighted by Crippen LogP contribution is -2.44. The molecule has 1 unspecified atom stereocenters. The van der Waals surface area contributed by atoms with E-state index in [2.05, 4.69) is 5.32 Å². The Morgan fingerprint density at radius 2 is 2.12 bits per heavy atom. The second-order valence-electron chi connectivity index (χ2n) is 5.61. The van der Waals surface area contributed by atoms with Crippen LogP contribution in [0.15, 0.2) is 0 Å². The summed E-state index contributed by atoms with van der Waals surface area (Å²) in [7, 11) is 0. The quantitative estimate of drug-likeness (QED) is 0.773. The van der Waals surface area contributed by atoms with Crippen LogP contribution in [-0.4, -0.2) is 24.3 Å². The van der Waals surface area contributed by atoms with Gasteiger partial charge >= 0.3 is 6.09 Å². The van der Waals surface area contributed by atoms with Gasteiger partial charge in [-0.05, 0) is 33.1 Å². The molecule has 1 atom stereocenters. The molecule has 0 radical (unpaired) electrons. The van der Waals surface area contributed by atoms with Gasteiger partial charge in [0, 0.05) is 12.6 Å². The zero-order chi connectivity index (χ0) is 12.2. The van der Waals surface area contributed by atoms with Crippen LogP contribution in [0.5, 0.6) is 0 Å². The zero-order valence-corrected chi connectivity index (χ0v) is 10.6. The number of hydrogen-bond donors (Lipinski definition) is 2. The van der Waals surface area contributed by atoms with Crippen LogP contribution in [0.3, 0.4) is 0 Å². The van der Waals surface area contributed by atoms with Gasteiger partial charge in [-0.2, -0.15) is 0 Å². The van der Waals surface area contributed by atoms with E-state index in [4.69, 9.17) is 10.5 Å². The molecule has 0 heterocycles. The first-order valence-corrected chi connectivity index (χ1v) is 6.10. The molecule has 1 rings (SSSR count). The first kappa shape index (κ1) is 13.3. The van der Waals surface area contributed by atoms with Crippen LogP contribution < -0.4 is 11.1 Å². The van der Waals surface area contributed by atoms with Gasteiger partial charge in [0.15, 0.2) is 0 Å². The lowest BCUT2D eigenvalue weighted by atomic mass is 9.81. The van der Waals surface area contributed by atoms with E-state index in [0.717, 1.165) is 12.3 Å². The first-order chi connectivity index (χ1) is 7.40. The third-order valence-corrected chi connectivity index (χ3v) is 2.85. The average Bonchev–Trinajstić information content (AvgIpc) is 2.05. The Labute approximate surface area is 97.9 Å². The Kier molecular flexibility index (Phi) is 4.59. The average molecular weight is 228 g/mol. The second kappa shape index (κ2) is 5.53. The number of carbonyl (C=O) groups is 1. The standard InChI is InChI=1S/C12H24N2O2/c1-12(2,3)16-11(15)14-10(8-13)7-9-5-4-6-9/h9-10H,4-8,13H2,1-3H3,(H,14,15). The van der Waals surface area contributed by atoms with Crippen LogP contribution in [0.1, 0.15) is 46.5 Å². The van der Waals surface area contributed by atoms with Crippen molar-refractivity contribution >= 4 is 6.09 Å². The van der Waals surface area contributed by atoms with E-state index in [-0.39, 0.29) is 12.1 Å². The van der Waals surface area contributed by atoms with Gasteiger partial charge in [0.25, 0.3) is 0 Å². The predicted octanol–water partition coefficient (Wildman–Crippen LogP) is 2.03. The molecule has 1 saturated carbocycles. The van der Waals surface area contributed by atoms with Crippen molar-refractivity contribution in [2.24, 2.45) is 11.7 Å². The zero-order valence-electron chi connectivity index (χ0n) is 10.6. The molecule has 0 saturated heterocycles.